The average Bonchev–Trinajstić information content (AvgIpc) is 2.64. The van der Waals surface area contributed by atoms with Crippen LogP contribution < -0.4 is 10.2 Å². The molecule has 0 aliphatic rings. The minimum atomic E-state index is -0.561. The fourth-order valence-corrected chi connectivity index (χ4v) is 2.61. The average molecular weight is 329 g/mol. The van der Waals surface area contributed by atoms with Gasteiger partial charge < -0.3 is 9.84 Å². The number of carbonyl (C=O) groups excluding carboxylic acids is 1. The third-order valence-corrected chi connectivity index (χ3v) is 3.97. The Balaban J connectivity index is 1.95. The molecule has 0 aliphatic heterocycles. The topological polar surface area (TPSA) is 78.8 Å². The summed E-state index contributed by atoms with van der Waals surface area (Å²) in [5.74, 6) is 0.415. The number of nitrogens with one attached hydrogen (secondary N) is 1. The molecule has 0 radical (unpaired) electrons. The van der Waals surface area contributed by atoms with Crippen molar-refractivity contribution < 1.29 is 19.8 Å². The van der Waals surface area contributed by atoms with E-state index in [0.29, 0.717) is 19.3 Å². The van der Waals surface area contributed by atoms with Crippen molar-refractivity contribution in [2.24, 2.45) is 0 Å². The number of benzene rings is 2. The molecule has 128 valence electrons. The van der Waals surface area contributed by atoms with Crippen molar-refractivity contribution in [3.8, 4) is 16.9 Å². The fraction of sp³-hybridized carbons (Fsp3) is 0.316. The SMILES string of the molecule is COc1ccccc1-c1ccc(C(O)CCCCC(=O)NO)cc1. The van der Waals surface area contributed by atoms with Crippen LogP contribution in [0.25, 0.3) is 11.1 Å². The van der Waals surface area contributed by atoms with Crippen LogP contribution in [0.15, 0.2) is 48.5 Å². The number of amides is 1. The Hall–Kier alpha value is -2.37. The standard InChI is InChI=1S/C19H23NO4/c1-24-18-8-4-2-6-16(18)14-10-12-15(13-11-14)17(21)7-3-5-9-19(22)20-23/h2,4,6,8,10-13,17,21,23H,3,5,7,9H2,1H3,(H,20,22). The van der Waals surface area contributed by atoms with Crippen molar-refractivity contribution in [2.45, 2.75) is 31.8 Å². The van der Waals surface area contributed by atoms with Crippen LogP contribution in [0.1, 0.15) is 37.4 Å². The molecule has 0 saturated heterocycles. The first kappa shape index (κ1) is 18.0. The highest BCUT2D eigenvalue weighted by atomic mass is 16.5. The quantitative estimate of drug-likeness (QED) is 0.394. The number of hydroxylamine groups is 1. The van der Waals surface area contributed by atoms with Gasteiger partial charge in [0.05, 0.1) is 13.2 Å². The number of rotatable bonds is 8. The summed E-state index contributed by atoms with van der Waals surface area (Å²) in [5, 5.41) is 18.7. The maximum absolute atomic E-state index is 10.9. The van der Waals surface area contributed by atoms with Gasteiger partial charge in [-0.1, -0.05) is 48.9 Å². The summed E-state index contributed by atoms with van der Waals surface area (Å²) in [5.41, 5.74) is 4.49. The van der Waals surface area contributed by atoms with E-state index in [1.807, 2.05) is 48.5 Å². The van der Waals surface area contributed by atoms with E-state index in [2.05, 4.69) is 0 Å². The molecule has 2 aromatic rings. The summed E-state index contributed by atoms with van der Waals surface area (Å²) >= 11 is 0. The largest absolute Gasteiger partial charge is 0.496 e. The summed E-state index contributed by atoms with van der Waals surface area (Å²) in [6.07, 6.45) is 1.61. The molecule has 0 heterocycles. The second-order valence-corrected chi connectivity index (χ2v) is 5.62. The lowest BCUT2D eigenvalue weighted by Gasteiger charge is -2.13. The molecule has 24 heavy (non-hydrogen) atoms. The summed E-state index contributed by atoms with van der Waals surface area (Å²) in [6.45, 7) is 0. The van der Waals surface area contributed by atoms with Crippen molar-refractivity contribution in [1.29, 1.82) is 0 Å². The summed E-state index contributed by atoms with van der Waals surface area (Å²) in [7, 11) is 1.65. The number of ether oxygens (including phenoxy) is 1. The summed E-state index contributed by atoms with van der Waals surface area (Å²) in [6, 6.07) is 15.6. The third kappa shape index (κ3) is 4.81. The Bertz CT molecular complexity index is 655. The van der Waals surface area contributed by atoms with Crippen molar-refractivity contribution >= 4 is 5.91 Å². The molecule has 1 unspecified atom stereocenters. The first-order chi connectivity index (χ1) is 11.7. The third-order valence-electron chi connectivity index (χ3n) is 3.97. The lowest BCUT2D eigenvalue weighted by molar-refractivity contribution is -0.129. The van der Waals surface area contributed by atoms with Crippen molar-refractivity contribution in [3.63, 3.8) is 0 Å². The molecular weight excluding hydrogens is 306 g/mol. The molecule has 3 N–H and O–H groups in total. The monoisotopic (exact) mass is 329 g/mol. The highest BCUT2D eigenvalue weighted by Crippen LogP contribution is 2.30. The van der Waals surface area contributed by atoms with E-state index < -0.39 is 12.0 Å². The molecule has 5 nitrogen and oxygen atoms in total. The highest BCUT2D eigenvalue weighted by molar-refractivity contribution is 5.74. The van der Waals surface area contributed by atoms with E-state index in [-0.39, 0.29) is 6.42 Å². The Morgan fingerprint density at radius 2 is 1.83 bits per heavy atom. The summed E-state index contributed by atoms with van der Waals surface area (Å²) < 4.78 is 5.37. The first-order valence-electron chi connectivity index (χ1n) is 8.00. The first-order valence-corrected chi connectivity index (χ1v) is 8.00. The van der Waals surface area contributed by atoms with E-state index in [1.165, 1.54) is 0 Å². The number of hydrogen-bond donors (Lipinski definition) is 3. The number of aliphatic hydroxyl groups excluding tert-OH is 1. The molecule has 0 aliphatic carbocycles. The van der Waals surface area contributed by atoms with Crippen LogP contribution in [0.5, 0.6) is 5.75 Å². The Morgan fingerprint density at radius 1 is 1.12 bits per heavy atom. The molecule has 1 amide bonds. The van der Waals surface area contributed by atoms with Crippen LogP contribution in [-0.2, 0) is 4.79 Å². The highest BCUT2D eigenvalue weighted by Gasteiger charge is 2.10. The number of para-hydroxylation sites is 1. The zero-order chi connectivity index (χ0) is 17.4. The molecule has 5 heteroatoms. The van der Waals surface area contributed by atoms with Gasteiger partial charge in [-0.25, -0.2) is 5.48 Å². The van der Waals surface area contributed by atoms with Gasteiger partial charge in [0.15, 0.2) is 0 Å². The molecule has 2 aromatic carbocycles. The second-order valence-electron chi connectivity index (χ2n) is 5.62. The normalized spacial score (nSPS) is 11.8. The number of methoxy groups -OCH3 is 1. The zero-order valence-electron chi connectivity index (χ0n) is 13.7. The van der Waals surface area contributed by atoms with Crippen LogP contribution in [-0.4, -0.2) is 23.3 Å². The predicted molar refractivity (Wildman–Crippen MR) is 91.8 cm³/mol. The summed E-state index contributed by atoms with van der Waals surface area (Å²) in [4.78, 5) is 10.9. The van der Waals surface area contributed by atoms with E-state index in [1.54, 1.807) is 12.6 Å². The molecule has 0 fully saturated rings. The molecular formula is C19H23NO4. The van der Waals surface area contributed by atoms with Gasteiger partial charge in [-0.2, -0.15) is 0 Å². The molecule has 0 bridgehead atoms. The maximum atomic E-state index is 10.9. The van der Waals surface area contributed by atoms with Crippen molar-refractivity contribution in [2.75, 3.05) is 7.11 Å². The number of unbranched alkanes of at least 4 members (excludes halogenated alkanes) is 1. The lowest BCUT2D eigenvalue weighted by Crippen LogP contribution is -2.17. The van der Waals surface area contributed by atoms with Crippen LogP contribution in [0.2, 0.25) is 0 Å². The second kappa shape index (κ2) is 9.05. The van der Waals surface area contributed by atoms with Gasteiger partial charge in [-0.3, -0.25) is 10.0 Å². The minimum absolute atomic E-state index is 0.260. The zero-order valence-corrected chi connectivity index (χ0v) is 13.7. The molecule has 0 spiro atoms. The van der Waals surface area contributed by atoms with Gasteiger partial charge in [0.1, 0.15) is 5.75 Å². The van der Waals surface area contributed by atoms with E-state index >= 15 is 0 Å². The van der Waals surface area contributed by atoms with Gasteiger partial charge in [0.25, 0.3) is 0 Å². The number of carbonyl (C=O) groups is 1. The van der Waals surface area contributed by atoms with Crippen LogP contribution >= 0.6 is 0 Å². The molecule has 1 atom stereocenters. The van der Waals surface area contributed by atoms with Gasteiger partial charge in [0, 0.05) is 12.0 Å². The van der Waals surface area contributed by atoms with E-state index in [9.17, 15) is 9.90 Å². The minimum Gasteiger partial charge on any atom is -0.496 e. The van der Waals surface area contributed by atoms with E-state index in [0.717, 1.165) is 22.4 Å². The lowest BCUT2D eigenvalue weighted by atomic mass is 9.98. The van der Waals surface area contributed by atoms with Gasteiger partial charge >= 0.3 is 0 Å². The predicted octanol–water partition coefficient (Wildman–Crippen LogP) is 3.46. The van der Waals surface area contributed by atoms with E-state index in [4.69, 9.17) is 9.94 Å². The maximum Gasteiger partial charge on any atom is 0.243 e. The van der Waals surface area contributed by atoms with Crippen LogP contribution in [0, 0.1) is 0 Å². The van der Waals surface area contributed by atoms with Crippen molar-refractivity contribution in [1.82, 2.24) is 5.48 Å². The van der Waals surface area contributed by atoms with Crippen LogP contribution in [0.3, 0.4) is 0 Å². The smallest absolute Gasteiger partial charge is 0.243 e. The molecule has 2 rings (SSSR count). The molecule has 0 saturated carbocycles. The van der Waals surface area contributed by atoms with Gasteiger partial charge in [0.2, 0.25) is 5.91 Å². The Morgan fingerprint density at radius 3 is 2.50 bits per heavy atom. The fourth-order valence-electron chi connectivity index (χ4n) is 2.61. The van der Waals surface area contributed by atoms with Crippen molar-refractivity contribution in [3.05, 3.63) is 54.1 Å². The van der Waals surface area contributed by atoms with Crippen LogP contribution in [0.4, 0.5) is 0 Å². The Labute approximate surface area is 141 Å². The Kier molecular flexibility index (Phi) is 6.78. The number of aliphatic hydroxyl groups is 1. The molecule has 0 aromatic heterocycles. The van der Waals surface area contributed by atoms with Gasteiger partial charge in [-0.15, -0.1) is 0 Å². The number of hydrogen-bond acceptors (Lipinski definition) is 4. The van der Waals surface area contributed by atoms with Gasteiger partial charge in [-0.05, 0) is 30.0 Å².